The van der Waals surface area contributed by atoms with E-state index in [-0.39, 0.29) is 24.9 Å². The van der Waals surface area contributed by atoms with Gasteiger partial charge < -0.3 is 15.7 Å². The molecule has 0 saturated carbocycles. The maximum Gasteiger partial charge on any atom is 0.251 e. The maximum absolute atomic E-state index is 11.7. The highest BCUT2D eigenvalue weighted by Crippen LogP contribution is 2.18. The molecule has 0 atom stereocenters. The van der Waals surface area contributed by atoms with Crippen molar-refractivity contribution in [3.05, 3.63) is 35.4 Å². The molecule has 0 unspecified atom stereocenters. The van der Waals surface area contributed by atoms with Gasteiger partial charge in [0.1, 0.15) is 0 Å². The second-order valence-corrected chi connectivity index (χ2v) is 5.07. The molecule has 1 amide bonds. The van der Waals surface area contributed by atoms with Gasteiger partial charge in [-0.05, 0) is 56.0 Å². The third-order valence-corrected chi connectivity index (χ3v) is 3.60. The fourth-order valence-corrected chi connectivity index (χ4v) is 2.48. The van der Waals surface area contributed by atoms with Gasteiger partial charge in [-0.3, -0.25) is 4.79 Å². The minimum atomic E-state index is -0.123. The molecular formula is C15H23ClN2O2. The lowest BCUT2D eigenvalue weighted by Crippen LogP contribution is -2.28. The van der Waals surface area contributed by atoms with Crippen LogP contribution in [0.15, 0.2) is 24.3 Å². The lowest BCUT2D eigenvalue weighted by atomic mass is 9.91. The molecule has 2 rings (SSSR count). The van der Waals surface area contributed by atoms with Gasteiger partial charge >= 0.3 is 0 Å². The first-order valence-corrected chi connectivity index (χ1v) is 6.98. The molecule has 0 aliphatic carbocycles. The van der Waals surface area contributed by atoms with Gasteiger partial charge in [-0.2, -0.15) is 0 Å². The Kier molecular flexibility index (Phi) is 7.59. The van der Waals surface area contributed by atoms with Crippen molar-refractivity contribution < 1.29 is 9.90 Å². The van der Waals surface area contributed by atoms with E-state index < -0.39 is 0 Å². The SMILES string of the molecule is Cl.O=C(NCCO)c1ccc(CC2CCNCC2)cc1. The Bertz CT molecular complexity index is 403. The first kappa shape index (κ1) is 17.0. The third-order valence-electron chi connectivity index (χ3n) is 3.60. The normalized spacial score (nSPS) is 15.4. The summed E-state index contributed by atoms with van der Waals surface area (Å²) < 4.78 is 0. The summed E-state index contributed by atoms with van der Waals surface area (Å²) in [5.41, 5.74) is 1.95. The molecule has 1 aromatic rings. The Hall–Kier alpha value is -1.10. The standard InChI is InChI=1S/C15H22N2O2.ClH/c18-10-9-17-15(19)14-3-1-12(2-4-14)11-13-5-7-16-8-6-13;/h1-4,13,16,18H,5-11H2,(H,17,19);1H. The first-order chi connectivity index (χ1) is 9.29. The second-order valence-electron chi connectivity index (χ2n) is 5.07. The maximum atomic E-state index is 11.7. The highest BCUT2D eigenvalue weighted by Gasteiger charge is 2.13. The summed E-state index contributed by atoms with van der Waals surface area (Å²) in [5, 5.41) is 14.7. The number of amides is 1. The molecule has 5 heteroatoms. The Morgan fingerprint density at radius 2 is 1.90 bits per heavy atom. The zero-order chi connectivity index (χ0) is 13.5. The fourth-order valence-electron chi connectivity index (χ4n) is 2.48. The van der Waals surface area contributed by atoms with E-state index >= 15 is 0 Å². The number of halogens is 1. The van der Waals surface area contributed by atoms with Crippen LogP contribution in [0.5, 0.6) is 0 Å². The van der Waals surface area contributed by atoms with Crippen molar-refractivity contribution >= 4 is 18.3 Å². The highest BCUT2D eigenvalue weighted by atomic mass is 35.5. The van der Waals surface area contributed by atoms with Crippen LogP contribution in [0.3, 0.4) is 0 Å². The summed E-state index contributed by atoms with van der Waals surface area (Å²) in [6.07, 6.45) is 3.57. The van der Waals surface area contributed by atoms with E-state index in [1.807, 2.05) is 24.3 Å². The first-order valence-electron chi connectivity index (χ1n) is 6.98. The number of hydrogen-bond acceptors (Lipinski definition) is 3. The number of nitrogens with one attached hydrogen (secondary N) is 2. The van der Waals surface area contributed by atoms with Crippen LogP contribution in [0, 0.1) is 5.92 Å². The van der Waals surface area contributed by atoms with E-state index in [9.17, 15) is 4.79 Å². The summed E-state index contributed by atoms with van der Waals surface area (Å²) in [4.78, 5) is 11.7. The summed E-state index contributed by atoms with van der Waals surface area (Å²) in [6, 6.07) is 7.80. The predicted octanol–water partition coefficient (Wildman–Crippen LogP) is 1.37. The molecular weight excluding hydrogens is 276 g/mol. The van der Waals surface area contributed by atoms with E-state index in [0.717, 1.165) is 25.4 Å². The molecule has 1 saturated heterocycles. The minimum absolute atomic E-state index is 0. The number of piperidine rings is 1. The number of carbonyl (C=O) groups is 1. The molecule has 1 aromatic carbocycles. The van der Waals surface area contributed by atoms with E-state index in [4.69, 9.17) is 5.11 Å². The van der Waals surface area contributed by atoms with Crippen molar-refractivity contribution in [1.29, 1.82) is 0 Å². The van der Waals surface area contributed by atoms with Crippen molar-refractivity contribution in [1.82, 2.24) is 10.6 Å². The molecule has 0 spiro atoms. The summed E-state index contributed by atoms with van der Waals surface area (Å²) in [6.45, 7) is 2.51. The summed E-state index contributed by atoms with van der Waals surface area (Å²) >= 11 is 0. The molecule has 0 aromatic heterocycles. The average Bonchev–Trinajstić information content (AvgIpc) is 2.46. The van der Waals surface area contributed by atoms with Gasteiger partial charge in [-0.25, -0.2) is 0 Å². The molecule has 4 nitrogen and oxygen atoms in total. The van der Waals surface area contributed by atoms with E-state index in [0.29, 0.717) is 12.1 Å². The van der Waals surface area contributed by atoms with Crippen molar-refractivity contribution in [3.63, 3.8) is 0 Å². The van der Waals surface area contributed by atoms with Crippen LogP contribution in [-0.4, -0.2) is 37.3 Å². The number of benzene rings is 1. The Balaban J connectivity index is 0.00000200. The number of hydrogen-bond donors (Lipinski definition) is 3. The van der Waals surface area contributed by atoms with Gasteiger partial charge in [0.05, 0.1) is 6.61 Å². The number of aliphatic hydroxyl groups is 1. The van der Waals surface area contributed by atoms with E-state index in [1.165, 1.54) is 18.4 Å². The van der Waals surface area contributed by atoms with Crippen molar-refractivity contribution in [2.75, 3.05) is 26.2 Å². The Labute approximate surface area is 126 Å². The number of aliphatic hydroxyl groups excluding tert-OH is 1. The molecule has 1 aliphatic rings. The molecule has 0 bridgehead atoms. The van der Waals surface area contributed by atoms with Crippen LogP contribution >= 0.6 is 12.4 Å². The van der Waals surface area contributed by atoms with Gasteiger partial charge in [0.2, 0.25) is 0 Å². The summed E-state index contributed by atoms with van der Waals surface area (Å²) in [7, 11) is 0. The van der Waals surface area contributed by atoms with Crippen LogP contribution in [0.1, 0.15) is 28.8 Å². The quantitative estimate of drug-likeness (QED) is 0.769. The van der Waals surface area contributed by atoms with E-state index in [2.05, 4.69) is 10.6 Å². The Morgan fingerprint density at radius 1 is 1.25 bits per heavy atom. The van der Waals surface area contributed by atoms with Crippen LogP contribution in [0.25, 0.3) is 0 Å². The lowest BCUT2D eigenvalue weighted by molar-refractivity contribution is 0.0945. The second kappa shape index (κ2) is 8.95. The third kappa shape index (κ3) is 5.12. The monoisotopic (exact) mass is 298 g/mol. The molecule has 0 radical (unpaired) electrons. The van der Waals surface area contributed by atoms with Crippen LogP contribution in [-0.2, 0) is 6.42 Å². The smallest absolute Gasteiger partial charge is 0.251 e. The van der Waals surface area contributed by atoms with Crippen LogP contribution in [0.2, 0.25) is 0 Å². The summed E-state index contributed by atoms with van der Waals surface area (Å²) in [5.74, 6) is 0.637. The average molecular weight is 299 g/mol. The molecule has 112 valence electrons. The van der Waals surface area contributed by atoms with Gasteiger partial charge in [0, 0.05) is 12.1 Å². The van der Waals surface area contributed by atoms with Crippen molar-refractivity contribution in [3.8, 4) is 0 Å². The lowest BCUT2D eigenvalue weighted by Gasteiger charge is -2.22. The Morgan fingerprint density at radius 3 is 2.50 bits per heavy atom. The number of carbonyl (C=O) groups excluding carboxylic acids is 1. The van der Waals surface area contributed by atoms with Crippen molar-refractivity contribution in [2.45, 2.75) is 19.3 Å². The largest absolute Gasteiger partial charge is 0.395 e. The number of rotatable bonds is 5. The molecule has 3 N–H and O–H groups in total. The van der Waals surface area contributed by atoms with Crippen LogP contribution in [0.4, 0.5) is 0 Å². The van der Waals surface area contributed by atoms with Gasteiger partial charge in [0.25, 0.3) is 5.91 Å². The predicted molar refractivity (Wildman–Crippen MR) is 82.4 cm³/mol. The van der Waals surface area contributed by atoms with Crippen LogP contribution < -0.4 is 10.6 Å². The van der Waals surface area contributed by atoms with Crippen molar-refractivity contribution in [2.24, 2.45) is 5.92 Å². The molecule has 1 fully saturated rings. The molecule has 1 heterocycles. The van der Waals surface area contributed by atoms with Gasteiger partial charge in [0.15, 0.2) is 0 Å². The van der Waals surface area contributed by atoms with E-state index in [1.54, 1.807) is 0 Å². The minimum Gasteiger partial charge on any atom is -0.395 e. The topological polar surface area (TPSA) is 61.4 Å². The molecule has 20 heavy (non-hydrogen) atoms. The molecule has 1 aliphatic heterocycles. The van der Waals surface area contributed by atoms with Gasteiger partial charge in [-0.15, -0.1) is 12.4 Å². The zero-order valence-corrected chi connectivity index (χ0v) is 12.4. The highest BCUT2D eigenvalue weighted by molar-refractivity contribution is 5.94. The zero-order valence-electron chi connectivity index (χ0n) is 11.6. The fraction of sp³-hybridized carbons (Fsp3) is 0.533. The van der Waals surface area contributed by atoms with Gasteiger partial charge in [-0.1, -0.05) is 12.1 Å².